The lowest BCUT2D eigenvalue weighted by Crippen LogP contribution is -2.55. The van der Waals surface area contributed by atoms with Crippen LogP contribution in [0.15, 0.2) is 54.6 Å². The maximum Gasteiger partial charge on any atom is 0.251 e. The molecule has 2 aromatic carbocycles. The van der Waals surface area contributed by atoms with Crippen molar-refractivity contribution in [3.8, 4) is 5.75 Å². The standard InChI is InChI=1S/C23H30N2O3/c1-27-16-13-23(24-22(26)20-8-4-3-5-9-20)11-14-25(15-12-23)18-19-7-6-10-21(17-19)28-2/h3-10,17H,11-16,18H2,1-2H3,(H,24,26). The highest BCUT2D eigenvalue weighted by Gasteiger charge is 2.35. The molecule has 0 aliphatic carbocycles. The molecule has 3 rings (SSSR count). The molecule has 0 bridgehead atoms. The zero-order valence-electron chi connectivity index (χ0n) is 16.8. The van der Waals surface area contributed by atoms with Gasteiger partial charge in [-0.05, 0) is 49.1 Å². The molecule has 1 amide bonds. The fraction of sp³-hybridized carbons (Fsp3) is 0.435. The van der Waals surface area contributed by atoms with Crippen molar-refractivity contribution >= 4 is 5.91 Å². The molecule has 5 heteroatoms. The molecule has 0 atom stereocenters. The molecule has 1 heterocycles. The number of amides is 1. The van der Waals surface area contributed by atoms with Crippen LogP contribution in [-0.4, -0.2) is 50.3 Å². The molecule has 150 valence electrons. The summed E-state index contributed by atoms with van der Waals surface area (Å²) >= 11 is 0. The Hall–Kier alpha value is -2.37. The van der Waals surface area contributed by atoms with E-state index in [1.54, 1.807) is 14.2 Å². The average molecular weight is 383 g/mol. The first kappa shape index (κ1) is 20.4. The number of likely N-dealkylation sites (tertiary alicyclic amines) is 1. The van der Waals surface area contributed by atoms with Crippen LogP contribution in [0.4, 0.5) is 0 Å². The van der Waals surface area contributed by atoms with E-state index in [2.05, 4.69) is 22.3 Å². The van der Waals surface area contributed by atoms with Crippen molar-refractivity contribution in [3.63, 3.8) is 0 Å². The molecule has 1 aliphatic rings. The lowest BCUT2D eigenvalue weighted by molar-refractivity contribution is 0.0690. The Morgan fingerprint density at radius 1 is 1.07 bits per heavy atom. The van der Waals surface area contributed by atoms with Gasteiger partial charge >= 0.3 is 0 Å². The summed E-state index contributed by atoms with van der Waals surface area (Å²) in [4.78, 5) is 15.2. The summed E-state index contributed by atoms with van der Waals surface area (Å²) < 4.78 is 10.7. The molecule has 1 saturated heterocycles. The van der Waals surface area contributed by atoms with Gasteiger partial charge in [0.2, 0.25) is 0 Å². The molecule has 0 aromatic heterocycles. The van der Waals surface area contributed by atoms with Crippen LogP contribution in [-0.2, 0) is 11.3 Å². The second-order valence-corrected chi connectivity index (χ2v) is 7.47. The summed E-state index contributed by atoms with van der Waals surface area (Å²) in [5.74, 6) is 0.886. The van der Waals surface area contributed by atoms with Crippen LogP contribution in [0.1, 0.15) is 35.2 Å². The van der Waals surface area contributed by atoms with Crippen LogP contribution in [0, 0.1) is 0 Å². The summed E-state index contributed by atoms with van der Waals surface area (Å²) in [6, 6.07) is 17.6. The third-order valence-electron chi connectivity index (χ3n) is 5.55. The Kier molecular flexibility index (Phi) is 7.06. The van der Waals surface area contributed by atoms with Crippen molar-refractivity contribution in [1.29, 1.82) is 0 Å². The van der Waals surface area contributed by atoms with E-state index in [1.807, 2.05) is 42.5 Å². The van der Waals surface area contributed by atoms with E-state index in [4.69, 9.17) is 9.47 Å². The predicted octanol–water partition coefficient (Wildman–Crippen LogP) is 3.50. The highest BCUT2D eigenvalue weighted by Crippen LogP contribution is 2.28. The quantitative estimate of drug-likeness (QED) is 0.759. The van der Waals surface area contributed by atoms with Gasteiger partial charge in [-0.3, -0.25) is 9.69 Å². The largest absolute Gasteiger partial charge is 0.497 e. The van der Waals surface area contributed by atoms with Crippen molar-refractivity contribution in [1.82, 2.24) is 10.2 Å². The number of ether oxygens (including phenoxy) is 2. The summed E-state index contributed by atoms with van der Waals surface area (Å²) in [5.41, 5.74) is 1.74. The molecular formula is C23H30N2O3. The third kappa shape index (κ3) is 5.33. The van der Waals surface area contributed by atoms with Crippen LogP contribution in [0.2, 0.25) is 0 Å². The Labute approximate surface area is 167 Å². The number of nitrogens with zero attached hydrogens (tertiary/aromatic N) is 1. The van der Waals surface area contributed by atoms with Crippen molar-refractivity contribution < 1.29 is 14.3 Å². The molecule has 1 aliphatic heterocycles. The fourth-order valence-corrected chi connectivity index (χ4v) is 3.81. The first-order valence-corrected chi connectivity index (χ1v) is 9.86. The van der Waals surface area contributed by atoms with Crippen molar-refractivity contribution in [2.24, 2.45) is 0 Å². The number of hydrogen-bond donors (Lipinski definition) is 1. The smallest absolute Gasteiger partial charge is 0.251 e. The van der Waals surface area contributed by atoms with Gasteiger partial charge in [-0.15, -0.1) is 0 Å². The van der Waals surface area contributed by atoms with Crippen LogP contribution < -0.4 is 10.1 Å². The predicted molar refractivity (Wildman–Crippen MR) is 111 cm³/mol. The monoisotopic (exact) mass is 382 g/mol. The number of hydrogen-bond acceptors (Lipinski definition) is 4. The summed E-state index contributed by atoms with van der Waals surface area (Å²) in [5, 5.41) is 3.32. The molecule has 28 heavy (non-hydrogen) atoms. The molecule has 1 fully saturated rings. The van der Waals surface area contributed by atoms with Gasteiger partial charge in [0.1, 0.15) is 5.75 Å². The number of methoxy groups -OCH3 is 2. The Bertz CT molecular complexity index is 755. The topological polar surface area (TPSA) is 50.8 Å². The Balaban J connectivity index is 1.63. The number of benzene rings is 2. The van der Waals surface area contributed by atoms with Crippen molar-refractivity contribution in [2.75, 3.05) is 33.9 Å². The van der Waals surface area contributed by atoms with Crippen LogP contribution in [0.5, 0.6) is 5.75 Å². The van der Waals surface area contributed by atoms with Crippen LogP contribution in [0.25, 0.3) is 0 Å². The summed E-state index contributed by atoms with van der Waals surface area (Å²) in [6.45, 7) is 3.42. The molecule has 5 nitrogen and oxygen atoms in total. The highest BCUT2D eigenvalue weighted by molar-refractivity contribution is 5.94. The molecule has 0 saturated carbocycles. The van der Waals surface area contributed by atoms with Gasteiger partial charge in [-0.1, -0.05) is 30.3 Å². The molecule has 1 N–H and O–H groups in total. The summed E-state index contributed by atoms with van der Waals surface area (Å²) in [7, 11) is 3.41. The van der Waals surface area contributed by atoms with Gasteiger partial charge in [0.15, 0.2) is 0 Å². The fourth-order valence-electron chi connectivity index (χ4n) is 3.81. The normalized spacial score (nSPS) is 16.5. The first-order valence-electron chi connectivity index (χ1n) is 9.86. The molecule has 0 spiro atoms. The number of carbonyl (C=O) groups excluding carboxylic acids is 1. The van der Waals surface area contributed by atoms with Crippen molar-refractivity contribution in [3.05, 3.63) is 65.7 Å². The summed E-state index contributed by atoms with van der Waals surface area (Å²) in [6.07, 6.45) is 2.66. The van der Waals surface area contributed by atoms with Crippen molar-refractivity contribution in [2.45, 2.75) is 31.3 Å². The second-order valence-electron chi connectivity index (χ2n) is 7.47. The number of piperidine rings is 1. The molecule has 2 aromatic rings. The van der Waals surface area contributed by atoms with Gasteiger partial charge in [-0.25, -0.2) is 0 Å². The second kappa shape index (κ2) is 9.71. The lowest BCUT2D eigenvalue weighted by Gasteiger charge is -2.42. The van der Waals surface area contributed by atoms with E-state index >= 15 is 0 Å². The van der Waals surface area contributed by atoms with E-state index < -0.39 is 0 Å². The van der Waals surface area contributed by atoms with E-state index in [1.165, 1.54) is 5.56 Å². The number of rotatable bonds is 8. The minimum atomic E-state index is -0.214. The number of carbonyl (C=O) groups is 1. The zero-order chi connectivity index (χ0) is 19.8. The SMILES string of the molecule is COCCC1(NC(=O)c2ccccc2)CCN(Cc2cccc(OC)c2)CC1. The van der Waals surface area contributed by atoms with Crippen LogP contribution >= 0.6 is 0 Å². The van der Waals surface area contributed by atoms with Crippen LogP contribution in [0.3, 0.4) is 0 Å². The molecule has 0 radical (unpaired) electrons. The Morgan fingerprint density at radius 3 is 2.50 bits per heavy atom. The number of nitrogens with one attached hydrogen (secondary N) is 1. The average Bonchev–Trinajstić information content (AvgIpc) is 2.75. The lowest BCUT2D eigenvalue weighted by atomic mass is 9.84. The van der Waals surface area contributed by atoms with Gasteiger partial charge in [0.25, 0.3) is 5.91 Å². The van der Waals surface area contributed by atoms with Gasteiger partial charge in [0, 0.05) is 44.5 Å². The Morgan fingerprint density at radius 2 is 1.82 bits per heavy atom. The molecular weight excluding hydrogens is 352 g/mol. The van der Waals surface area contributed by atoms with Gasteiger partial charge < -0.3 is 14.8 Å². The minimum Gasteiger partial charge on any atom is -0.497 e. The molecule has 0 unspecified atom stereocenters. The van der Waals surface area contributed by atoms with E-state index in [-0.39, 0.29) is 11.4 Å². The van der Waals surface area contributed by atoms with Gasteiger partial charge in [-0.2, -0.15) is 0 Å². The first-order chi connectivity index (χ1) is 13.6. The maximum absolute atomic E-state index is 12.7. The van der Waals surface area contributed by atoms with E-state index in [9.17, 15) is 4.79 Å². The maximum atomic E-state index is 12.7. The third-order valence-corrected chi connectivity index (χ3v) is 5.55. The van der Waals surface area contributed by atoms with E-state index in [0.29, 0.717) is 12.2 Å². The van der Waals surface area contributed by atoms with E-state index in [0.717, 1.165) is 44.6 Å². The highest BCUT2D eigenvalue weighted by atomic mass is 16.5. The minimum absolute atomic E-state index is 0.00190. The zero-order valence-corrected chi connectivity index (χ0v) is 16.8. The van der Waals surface area contributed by atoms with Gasteiger partial charge in [0.05, 0.1) is 7.11 Å².